The van der Waals surface area contributed by atoms with Crippen LogP contribution in [0.4, 0.5) is 13.2 Å². The van der Waals surface area contributed by atoms with Gasteiger partial charge in [-0.2, -0.15) is 13.2 Å². The molecule has 3 rings (SSSR count). The molecular formula is C21H27F3N2O. The molecule has 6 heteroatoms. The van der Waals surface area contributed by atoms with E-state index in [1.54, 1.807) is 0 Å². The molecule has 0 aromatic heterocycles. The summed E-state index contributed by atoms with van der Waals surface area (Å²) in [5.41, 5.74) is 8.05. The van der Waals surface area contributed by atoms with E-state index in [1.807, 2.05) is 37.3 Å². The van der Waals surface area contributed by atoms with Crippen molar-refractivity contribution < 1.29 is 18.0 Å². The lowest BCUT2D eigenvalue weighted by Crippen LogP contribution is -2.51. The molecule has 0 unspecified atom stereocenters. The van der Waals surface area contributed by atoms with Crippen molar-refractivity contribution in [2.75, 3.05) is 0 Å². The van der Waals surface area contributed by atoms with Gasteiger partial charge in [-0.05, 0) is 44.1 Å². The molecule has 0 radical (unpaired) electrons. The fourth-order valence-electron chi connectivity index (χ4n) is 4.24. The topological polar surface area (TPSA) is 46.3 Å². The molecule has 0 heterocycles. The first-order valence-electron chi connectivity index (χ1n) is 9.71. The molecule has 148 valence electrons. The van der Waals surface area contributed by atoms with Crippen LogP contribution in [-0.4, -0.2) is 35.1 Å². The highest BCUT2D eigenvalue weighted by atomic mass is 19.4. The summed E-state index contributed by atoms with van der Waals surface area (Å²) in [4.78, 5) is 13.3. The van der Waals surface area contributed by atoms with Gasteiger partial charge < -0.3 is 10.6 Å². The summed E-state index contributed by atoms with van der Waals surface area (Å²) in [7, 11) is 0. The van der Waals surface area contributed by atoms with Crippen LogP contribution in [0.25, 0.3) is 6.08 Å². The summed E-state index contributed by atoms with van der Waals surface area (Å²) in [6, 6.07) is 9.09. The van der Waals surface area contributed by atoms with Crippen LogP contribution in [0.2, 0.25) is 0 Å². The Hall–Kier alpha value is -1.82. The van der Waals surface area contributed by atoms with Gasteiger partial charge in [-0.3, -0.25) is 4.79 Å². The van der Waals surface area contributed by atoms with Crippen molar-refractivity contribution in [3.05, 3.63) is 41.5 Å². The minimum absolute atomic E-state index is 0.0112. The maximum Gasteiger partial charge on any atom is 0.471 e. The van der Waals surface area contributed by atoms with E-state index in [1.165, 1.54) is 0 Å². The van der Waals surface area contributed by atoms with E-state index in [9.17, 15) is 18.0 Å². The summed E-state index contributed by atoms with van der Waals surface area (Å²) in [5, 5.41) is 0. The van der Waals surface area contributed by atoms with Crippen LogP contribution in [-0.2, 0) is 4.79 Å². The number of rotatable bonds is 5. The first-order chi connectivity index (χ1) is 12.8. The van der Waals surface area contributed by atoms with Gasteiger partial charge in [0.05, 0.1) is 0 Å². The molecule has 2 fully saturated rings. The Morgan fingerprint density at radius 2 is 1.81 bits per heavy atom. The predicted octanol–water partition coefficient (Wildman–Crippen LogP) is 4.53. The SMILES string of the molecule is CCC(=Cc1ccccc1)[C@@H]1C[C@H]1N(C(=O)C(F)(F)F)[C@H]1CC[C@H](N)CC1. The van der Waals surface area contributed by atoms with Gasteiger partial charge in [0, 0.05) is 24.0 Å². The van der Waals surface area contributed by atoms with Crippen LogP contribution in [0.5, 0.6) is 0 Å². The molecule has 0 bridgehead atoms. The van der Waals surface area contributed by atoms with Crippen molar-refractivity contribution in [1.29, 1.82) is 0 Å². The maximum atomic E-state index is 13.2. The molecule has 1 aromatic rings. The Bertz CT molecular complexity index is 678. The fourth-order valence-corrected chi connectivity index (χ4v) is 4.24. The van der Waals surface area contributed by atoms with Crippen LogP contribution in [0.3, 0.4) is 0 Å². The van der Waals surface area contributed by atoms with E-state index in [0.29, 0.717) is 32.1 Å². The summed E-state index contributed by atoms with van der Waals surface area (Å²) < 4.78 is 39.7. The molecule has 0 aliphatic heterocycles. The second-order valence-corrected chi connectivity index (χ2v) is 7.67. The van der Waals surface area contributed by atoms with Crippen LogP contribution in [0.15, 0.2) is 35.9 Å². The van der Waals surface area contributed by atoms with E-state index < -0.39 is 12.1 Å². The van der Waals surface area contributed by atoms with Crippen LogP contribution >= 0.6 is 0 Å². The molecule has 1 aromatic carbocycles. The van der Waals surface area contributed by atoms with Crippen molar-refractivity contribution >= 4 is 12.0 Å². The van der Waals surface area contributed by atoms with Gasteiger partial charge >= 0.3 is 12.1 Å². The number of alkyl halides is 3. The number of nitrogens with zero attached hydrogens (tertiary/aromatic N) is 1. The number of hydrogen-bond acceptors (Lipinski definition) is 2. The second kappa shape index (κ2) is 8.05. The number of hydrogen-bond donors (Lipinski definition) is 1. The number of halogens is 3. The molecule has 0 spiro atoms. The van der Waals surface area contributed by atoms with E-state index in [2.05, 4.69) is 6.08 Å². The van der Waals surface area contributed by atoms with Gasteiger partial charge in [-0.15, -0.1) is 0 Å². The predicted molar refractivity (Wildman–Crippen MR) is 99.7 cm³/mol. The van der Waals surface area contributed by atoms with Crippen LogP contribution < -0.4 is 5.73 Å². The summed E-state index contributed by atoms with van der Waals surface area (Å²) in [6.07, 6.45) is 1.04. The molecule has 2 atom stereocenters. The standard InChI is InChI=1S/C21H27F3N2O/c1-2-15(12-14-6-4-3-5-7-14)18-13-19(18)26(20(27)21(22,23)24)17-10-8-16(25)9-11-17/h3-7,12,16-19H,2,8-11,13,25H2,1H3/t16-,17-,18-,19+/m0/s1. The highest BCUT2D eigenvalue weighted by Gasteiger charge is 2.54. The largest absolute Gasteiger partial charge is 0.471 e. The Balaban J connectivity index is 1.79. The van der Waals surface area contributed by atoms with Gasteiger partial charge in [-0.1, -0.05) is 48.9 Å². The molecule has 2 aliphatic rings. The van der Waals surface area contributed by atoms with Crippen molar-refractivity contribution in [3.8, 4) is 0 Å². The van der Waals surface area contributed by atoms with E-state index in [4.69, 9.17) is 5.73 Å². The highest BCUT2D eigenvalue weighted by Crippen LogP contribution is 2.46. The number of carbonyl (C=O) groups excluding carboxylic acids is 1. The zero-order valence-electron chi connectivity index (χ0n) is 15.6. The zero-order chi connectivity index (χ0) is 19.6. The minimum atomic E-state index is -4.83. The summed E-state index contributed by atoms with van der Waals surface area (Å²) in [5.74, 6) is -1.68. The number of benzene rings is 1. The normalized spacial score (nSPS) is 28.7. The quantitative estimate of drug-likeness (QED) is 0.816. The lowest BCUT2D eigenvalue weighted by Gasteiger charge is -2.37. The molecule has 0 saturated heterocycles. The first kappa shape index (κ1) is 19.9. The van der Waals surface area contributed by atoms with Crippen molar-refractivity contribution in [1.82, 2.24) is 4.90 Å². The lowest BCUT2D eigenvalue weighted by atomic mass is 9.90. The zero-order valence-corrected chi connectivity index (χ0v) is 15.6. The Morgan fingerprint density at radius 1 is 1.19 bits per heavy atom. The Kier molecular flexibility index (Phi) is 5.94. The number of nitrogens with two attached hydrogens (primary N) is 1. The Morgan fingerprint density at radius 3 is 2.37 bits per heavy atom. The molecular weight excluding hydrogens is 353 g/mol. The average Bonchev–Trinajstić information content (AvgIpc) is 3.41. The van der Waals surface area contributed by atoms with Gasteiger partial charge in [0.25, 0.3) is 0 Å². The van der Waals surface area contributed by atoms with Crippen molar-refractivity contribution in [2.45, 2.75) is 69.8 Å². The third kappa shape index (κ3) is 4.72. The average molecular weight is 380 g/mol. The van der Waals surface area contributed by atoms with Gasteiger partial charge in [0.15, 0.2) is 0 Å². The third-order valence-electron chi connectivity index (χ3n) is 5.76. The van der Waals surface area contributed by atoms with Crippen LogP contribution in [0, 0.1) is 5.92 Å². The number of amides is 1. The fraction of sp³-hybridized carbons (Fsp3) is 0.571. The molecule has 3 nitrogen and oxygen atoms in total. The molecule has 27 heavy (non-hydrogen) atoms. The van der Waals surface area contributed by atoms with E-state index in [0.717, 1.165) is 22.5 Å². The smallest absolute Gasteiger partial charge is 0.328 e. The number of carbonyl (C=O) groups is 1. The van der Waals surface area contributed by atoms with Crippen molar-refractivity contribution in [2.24, 2.45) is 11.7 Å². The lowest BCUT2D eigenvalue weighted by molar-refractivity contribution is -0.189. The van der Waals surface area contributed by atoms with Gasteiger partial charge in [0.2, 0.25) is 0 Å². The van der Waals surface area contributed by atoms with Gasteiger partial charge in [-0.25, -0.2) is 0 Å². The summed E-state index contributed by atoms with van der Waals surface area (Å²) >= 11 is 0. The highest BCUT2D eigenvalue weighted by molar-refractivity contribution is 5.83. The minimum Gasteiger partial charge on any atom is -0.328 e. The molecule has 2 saturated carbocycles. The first-order valence-corrected chi connectivity index (χ1v) is 9.71. The van der Waals surface area contributed by atoms with Crippen molar-refractivity contribution in [3.63, 3.8) is 0 Å². The van der Waals surface area contributed by atoms with E-state index in [-0.39, 0.29) is 24.0 Å². The monoisotopic (exact) mass is 380 g/mol. The van der Waals surface area contributed by atoms with Gasteiger partial charge in [0.1, 0.15) is 0 Å². The second-order valence-electron chi connectivity index (χ2n) is 7.67. The van der Waals surface area contributed by atoms with E-state index >= 15 is 0 Å². The Labute approximate surface area is 158 Å². The maximum absolute atomic E-state index is 13.2. The summed E-state index contributed by atoms with van der Waals surface area (Å²) in [6.45, 7) is 2.01. The van der Waals surface area contributed by atoms with Crippen LogP contribution in [0.1, 0.15) is 51.0 Å². The molecule has 1 amide bonds. The molecule has 2 N–H and O–H groups in total. The third-order valence-corrected chi connectivity index (χ3v) is 5.76. The molecule has 2 aliphatic carbocycles.